The molecule has 2 unspecified atom stereocenters. The Morgan fingerprint density at radius 2 is 2.16 bits per heavy atom. The number of likely N-dealkylation sites (tertiary alicyclic amines) is 1. The van der Waals surface area contributed by atoms with Crippen molar-refractivity contribution < 1.29 is 9.53 Å². The van der Waals surface area contributed by atoms with Crippen molar-refractivity contribution in [3.8, 4) is 0 Å². The summed E-state index contributed by atoms with van der Waals surface area (Å²) in [5, 5.41) is 3.64. The zero-order valence-electron chi connectivity index (χ0n) is 12.8. The van der Waals surface area contributed by atoms with Crippen molar-refractivity contribution in [1.82, 2.24) is 10.2 Å². The van der Waals surface area contributed by atoms with Gasteiger partial charge in [0, 0.05) is 18.5 Å². The highest BCUT2D eigenvalue weighted by molar-refractivity contribution is 5.69. The number of hydrogen-bond donors (Lipinski definition) is 1. The number of unbranched alkanes of at least 4 members (excludes halogenated alkanes) is 2. The summed E-state index contributed by atoms with van der Waals surface area (Å²) in [6.07, 6.45) is 6.28. The minimum atomic E-state index is -0.0559. The van der Waals surface area contributed by atoms with E-state index >= 15 is 0 Å². The highest BCUT2D eigenvalue weighted by Gasteiger charge is 2.21. The molecule has 4 nitrogen and oxygen atoms in total. The number of piperidine rings is 1. The van der Waals surface area contributed by atoms with E-state index in [9.17, 15) is 4.79 Å². The number of hydrogen-bond acceptors (Lipinski definition) is 4. The Morgan fingerprint density at radius 3 is 2.84 bits per heavy atom. The van der Waals surface area contributed by atoms with Crippen LogP contribution >= 0.6 is 0 Å². The molecule has 0 saturated carbocycles. The fraction of sp³-hybridized carbons (Fsp3) is 0.933. The molecule has 0 bridgehead atoms. The summed E-state index contributed by atoms with van der Waals surface area (Å²) in [6, 6.07) is 1.37. The maximum Gasteiger partial charge on any atom is 0.305 e. The Morgan fingerprint density at radius 1 is 1.37 bits per heavy atom. The summed E-state index contributed by atoms with van der Waals surface area (Å²) in [7, 11) is 2.20. The summed E-state index contributed by atoms with van der Waals surface area (Å²) < 4.78 is 4.91. The third-order valence-electron chi connectivity index (χ3n) is 4.00. The van der Waals surface area contributed by atoms with E-state index in [-0.39, 0.29) is 5.97 Å². The molecule has 0 aliphatic carbocycles. The van der Waals surface area contributed by atoms with E-state index in [4.69, 9.17) is 4.74 Å². The molecule has 0 aromatic heterocycles. The number of rotatable bonds is 8. The minimum absolute atomic E-state index is 0.0559. The van der Waals surface area contributed by atoms with Crippen LogP contribution in [-0.4, -0.2) is 49.7 Å². The van der Waals surface area contributed by atoms with Crippen molar-refractivity contribution in [3.63, 3.8) is 0 Å². The number of esters is 1. The lowest BCUT2D eigenvalue weighted by atomic mass is 9.99. The van der Waals surface area contributed by atoms with Crippen LogP contribution < -0.4 is 5.32 Å². The van der Waals surface area contributed by atoms with E-state index in [2.05, 4.69) is 24.2 Å². The van der Waals surface area contributed by atoms with Crippen LogP contribution in [0.2, 0.25) is 0 Å². The Labute approximate surface area is 117 Å². The molecule has 19 heavy (non-hydrogen) atoms. The van der Waals surface area contributed by atoms with E-state index < -0.39 is 0 Å². The quantitative estimate of drug-likeness (QED) is 0.542. The van der Waals surface area contributed by atoms with Crippen LogP contribution in [0, 0.1) is 0 Å². The first-order valence-electron chi connectivity index (χ1n) is 7.72. The molecule has 2 atom stereocenters. The maximum absolute atomic E-state index is 11.1. The zero-order valence-corrected chi connectivity index (χ0v) is 12.8. The lowest BCUT2D eigenvalue weighted by Crippen LogP contribution is -2.45. The maximum atomic E-state index is 11.1. The van der Waals surface area contributed by atoms with E-state index in [1.165, 1.54) is 19.4 Å². The van der Waals surface area contributed by atoms with E-state index in [1.807, 2.05) is 6.92 Å². The van der Waals surface area contributed by atoms with Crippen molar-refractivity contribution in [2.45, 2.75) is 64.5 Å². The second-order valence-electron chi connectivity index (χ2n) is 5.62. The first-order valence-corrected chi connectivity index (χ1v) is 7.72. The van der Waals surface area contributed by atoms with Crippen LogP contribution in [0.3, 0.4) is 0 Å². The van der Waals surface area contributed by atoms with Gasteiger partial charge in [-0.3, -0.25) is 4.79 Å². The zero-order chi connectivity index (χ0) is 14.1. The lowest BCUT2D eigenvalue weighted by Gasteiger charge is -2.35. The normalized spacial score (nSPS) is 24.4. The van der Waals surface area contributed by atoms with Gasteiger partial charge in [-0.1, -0.05) is 6.42 Å². The van der Waals surface area contributed by atoms with Gasteiger partial charge in [0.1, 0.15) is 0 Å². The summed E-state index contributed by atoms with van der Waals surface area (Å²) >= 11 is 0. The van der Waals surface area contributed by atoms with Crippen molar-refractivity contribution in [2.75, 3.05) is 26.7 Å². The number of nitrogens with one attached hydrogen (secondary N) is 1. The topological polar surface area (TPSA) is 41.6 Å². The van der Waals surface area contributed by atoms with E-state index in [0.717, 1.165) is 25.8 Å². The largest absolute Gasteiger partial charge is 0.466 e. The molecule has 0 amide bonds. The SMILES string of the molecule is CCOC(=O)CCCCCNC1CCN(C)C(C)C1. The van der Waals surface area contributed by atoms with Crippen LogP contribution in [0.1, 0.15) is 52.4 Å². The van der Waals surface area contributed by atoms with Crippen LogP contribution in [0.25, 0.3) is 0 Å². The monoisotopic (exact) mass is 270 g/mol. The molecule has 0 aromatic carbocycles. The first kappa shape index (κ1) is 16.4. The fourth-order valence-electron chi connectivity index (χ4n) is 2.59. The van der Waals surface area contributed by atoms with Crippen molar-refractivity contribution in [1.29, 1.82) is 0 Å². The van der Waals surface area contributed by atoms with Gasteiger partial charge in [-0.2, -0.15) is 0 Å². The number of nitrogens with zero attached hydrogens (tertiary/aromatic N) is 1. The van der Waals surface area contributed by atoms with Gasteiger partial charge in [0.25, 0.3) is 0 Å². The van der Waals surface area contributed by atoms with Gasteiger partial charge < -0.3 is 15.0 Å². The van der Waals surface area contributed by atoms with Gasteiger partial charge in [0.15, 0.2) is 0 Å². The molecule has 112 valence electrons. The molecule has 1 aliphatic rings. The number of ether oxygens (including phenoxy) is 1. The van der Waals surface area contributed by atoms with E-state index in [1.54, 1.807) is 0 Å². The van der Waals surface area contributed by atoms with Gasteiger partial charge in [0.05, 0.1) is 6.61 Å². The van der Waals surface area contributed by atoms with Gasteiger partial charge >= 0.3 is 5.97 Å². The predicted molar refractivity (Wildman–Crippen MR) is 78.2 cm³/mol. The van der Waals surface area contributed by atoms with Crippen molar-refractivity contribution in [2.24, 2.45) is 0 Å². The molecule has 0 spiro atoms. The van der Waals surface area contributed by atoms with Crippen molar-refractivity contribution in [3.05, 3.63) is 0 Å². The average molecular weight is 270 g/mol. The Balaban J connectivity index is 1.95. The molecule has 4 heteroatoms. The summed E-state index contributed by atoms with van der Waals surface area (Å²) in [6.45, 7) is 6.91. The van der Waals surface area contributed by atoms with Crippen LogP contribution in [0.15, 0.2) is 0 Å². The predicted octanol–water partition coefficient (Wildman–Crippen LogP) is 2.18. The van der Waals surface area contributed by atoms with Crippen LogP contribution in [-0.2, 0) is 9.53 Å². The Kier molecular flexibility index (Phi) is 8.07. The lowest BCUT2D eigenvalue weighted by molar-refractivity contribution is -0.143. The second-order valence-corrected chi connectivity index (χ2v) is 5.62. The Bertz CT molecular complexity index is 259. The summed E-state index contributed by atoms with van der Waals surface area (Å²) in [5.74, 6) is -0.0559. The third-order valence-corrected chi connectivity index (χ3v) is 4.00. The van der Waals surface area contributed by atoms with Crippen LogP contribution in [0.4, 0.5) is 0 Å². The molecule has 1 N–H and O–H groups in total. The molecule has 1 rings (SSSR count). The highest BCUT2D eigenvalue weighted by Crippen LogP contribution is 2.15. The average Bonchev–Trinajstić information content (AvgIpc) is 2.38. The molecule has 1 aliphatic heterocycles. The summed E-state index contributed by atoms with van der Waals surface area (Å²) in [5.41, 5.74) is 0. The summed E-state index contributed by atoms with van der Waals surface area (Å²) in [4.78, 5) is 13.6. The molecule has 1 saturated heterocycles. The van der Waals surface area contributed by atoms with Gasteiger partial charge in [0.2, 0.25) is 0 Å². The third kappa shape index (κ3) is 6.92. The molecule has 1 fully saturated rings. The highest BCUT2D eigenvalue weighted by atomic mass is 16.5. The molecule has 1 heterocycles. The molecule has 0 aromatic rings. The van der Waals surface area contributed by atoms with E-state index in [0.29, 0.717) is 25.1 Å². The number of carbonyl (C=O) groups is 1. The minimum Gasteiger partial charge on any atom is -0.466 e. The standard InChI is InChI=1S/C15H30N2O2/c1-4-19-15(18)8-6-5-7-10-16-14-9-11-17(3)13(2)12-14/h13-14,16H,4-12H2,1-3H3. The van der Waals surface area contributed by atoms with Gasteiger partial charge in [-0.25, -0.2) is 0 Å². The fourth-order valence-corrected chi connectivity index (χ4v) is 2.59. The molecule has 0 radical (unpaired) electrons. The number of carbonyl (C=O) groups excluding carboxylic acids is 1. The van der Waals surface area contributed by atoms with Gasteiger partial charge in [-0.05, 0) is 59.7 Å². The smallest absolute Gasteiger partial charge is 0.305 e. The van der Waals surface area contributed by atoms with Gasteiger partial charge in [-0.15, -0.1) is 0 Å². The second kappa shape index (κ2) is 9.32. The molecular weight excluding hydrogens is 240 g/mol. The molecular formula is C15H30N2O2. The Hall–Kier alpha value is -0.610. The van der Waals surface area contributed by atoms with Crippen molar-refractivity contribution >= 4 is 5.97 Å². The van der Waals surface area contributed by atoms with Crippen LogP contribution in [0.5, 0.6) is 0 Å². The first-order chi connectivity index (χ1) is 9.13.